The van der Waals surface area contributed by atoms with Crippen molar-refractivity contribution in [1.82, 2.24) is 15.5 Å². The van der Waals surface area contributed by atoms with Gasteiger partial charge < -0.3 is 25.4 Å². The first-order chi connectivity index (χ1) is 17.6. The molecule has 2 rings (SSSR count). The predicted octanol–water partition coefficient (Wildman–Crippen LogP) is 4.22. The van der Waals surface area contributed by atoms with Crippen molar-refractivity contribution in [3.8, 4) is 0 Å². The fourth-order valence-corrected chi connectivity index (χ4v) is 4.02. The van der Waals surface area contributed by atoms with E-state index >= 15 is 0 Å². The number of hydrogen-bond donors (Lipinski definition) is 3. The van der Waals surface area contributed by atoms with Crippen LogP contribution in [0.4, 0.5) is 4.79 Å². The lowest BCUT2D eigenvalue weighted by Gasteiger charge is -2.36. The van der Waals surface area contributed by atoms with Crippen molar-refractivity contribution in [2.24, 2.45) is 0 Å². The number of hydrogen-bond acceptors (Lipinski definition) is 5. The smallest absolute Gasteiger partial charge is 0.408 e. The summed E-state index contributed by atoms with van der Waals surface area (Å²) in [5, 5.41) is 15.7. The van der Waals surface area contributed by atoms with Crippen molar-refractivity contribution in [3.63, 3.8) is 0 Å². The molecule has 0 heterocycles. The number of ether oxygens (including phenoxy) is 1. The van der Waals surface area contributed by atoms with E-state index in [1.165, 1.54) is 4.90 Å². The first-order valence-electron chi connectivity index (χ1n) is 13.0. The zero-order chi connectivity index (χ0) is 28.7. The minimum absolute atomic E-state index is 0.102. The van der Waals surface area contributed by atoms with Gasteiger partial charge in [0.1, 0.15) is 17.7 Å². The third-order valence-electron chi connectivity index (χ3n) is 5.80. The fraction of sp³-hybridized carbons (Fsp3) is 0.500. The molecule has 0 aromatic heterocycles. The molecule has 0 aliphatic rings. The molecule has 0 aliphatic heterocycles. The summed E-state index contributed by atoms with van der Waals surface area (Å²) in [7, 11) is 0. The summed E-state index contributed by atoms with van der Waals surface area (Å²) in [6, 6.07) is 12.8. The molecule has 0 saturated heterocycles. The molecule has 208 valence electrons. The highest BCUT2D eigenvalue weighted by molar-refractivity contribution is 5.92. The van der Waals surface area contributed by atoms with Crippen molar-refractivity contribution in [3.05, 3.63) is 70.8 Å². The Kier molecular flexibility index (Phi) is 10.5. The molecule has 3 N–H and O–H groups in total. The monoisotopic (exact) mass is 525 g/mol. The van der Waals surface area contributed by atoms with Gasteiger partial charge in [-0.05, 0) is 77.6 Å². The van der Waals surface area contributed by atoms with E-state index in [0.29, 0.717) is 5.56 Å². The van der Waals surface area contributed by atoms with Gasteiger partial charge in [-0.2, -0.15) is 0 Å². The van der Waals surface area contributed by atoms with E-state index in [-0.39, 0.29) is 25.5 Å². The average Bonchev–Trinajstić information content (AvgIpc) is 2.78. The molecule has 0 aliphatic carbocycles. The Hall–Kier alpha value is -3.39. The number of aliphatic hydroxyl groups excluding tert-OH is 1. The molecule has 38 heavy (non-hydrogen) atoms. The highest BCUT2D eigenvalue weighted by Gasteiger charge is 2.37. The fourth-order valence-electron chi connectivity index (χ4n) is 4.02. The van der Waals surface area contributed by atoms with Gasteiger partial charge in [-0.15, -0.1) is 0 Å². The Morgan fingerprint density at radius 3 is 2.11 bits per heavy atom. The molecule has 8 nitrogen and oxygen atoms in total. The van der Waals surface area contributed by atoms with Crippen LogP contribution in [-0.2, 0) is 20.7 Å². The minimum Gasteiger partial charge on any atom is -0.444 e. The Balaban J connectivity index is 2.56. The topological polar surface area (TPSA) is 108 Å². The van der Waals surface area contributed by atoms with Crippen LogP contribution >= 0.6 is 0 Å². The standard InChI is InChI=1S/C30H43N3O5/c1-20-14-15-23(18-21(20)2)25(26(35)32-29(3,4)5)33(16-17-34)27(36)24(19-22-12-10-9-11-13-22)31-28(37)38-30(6,7)8/h9-15,18,24-25,34H,16-17,19H2,1-8H3,(H,31,37)(H,32,35). The molecule has 0 radical (unpaired) electrons. The lowest BCUT2D eigenvalue weighted by atomic mass is 9.96. The van der Waals surface area contributed by atoms with E-state index in [2.05, 4.69) is 10.6 Å². The van der Waals surface area contributed by atoms with E-state index in [1.54, 1.807) is 20.8 Å². The van der Waals surface area contributed by atoms with E-state index in [0.717, 1.165) is 16.7 Å². The van der Waals surface area contributed by atoms with Gasteiger partial charge in [0.15, 0.2) is 0 Å². The Labute approximate surface area is 226 Å². The molecule has 0 fully saturated rings. The van der Waals surface area contributed by atoms with Crippen LogP contribution in [0, 0.1) is 13.8 Å². The maximum absolute atomic E-state index is 14.1. The molecule has 0 spiro atoms. The van der Waals surface area contributed by atoms with Gasteiger partial charge in [-0.3, -0.25) is 9.59 Å². The summed E-state index contributed by atoms with van der Waals surface area (Å²) in [5.41, 5.74) is 2.16. The van der Waals surface area contributed by atoms with Gasteiger partial charge in [0.25, 0.3) is 0 Å². The molecule has 2 atom stereocenters. The summed E-state index contributed by atoms with van der Waals surface area (Å²) in [6.07, 6.45) is -0.556. The van der Waals surface area contributed by atoms with Crippen LogP contribution in [0.5, 0.6) is 0 Å². The lowest BCUT2D eigenvalue weighted by Crippen LogP contribution is -2.55. The second-order valence-corrected chi connectivity index (χ2v) is 11.6. The van der Waals surface area contributed by atoms with Gasteiger partial charge in [0.05, 0.1) is 6.61 Å². The average molecular weight is 526 g/mol. The van der Waals surface area contributed by atoms with Crippen LogP contribution in [0.15, 0.2) is 48.5 Å². The molecule has 2 aromatic carbocycles. The summed E-state index contributed by atoms with van der Waals surface area (Å²) in [4.78, 5) is 41.9. The zero-order valence-corrected chi connectivity index (χ0v) is 23.9. The maximum atomic E-state index is 14.1. The van der Waals surface area contributed by atoms with Crippen LogP contribution in [-0.4, -0.2) is 58.2 Å². The third-order valence-corrected chi connectivity index (χ3v) is 5.80. The molecular weight excluding hydrogens is 482 g/mol. The SMILES string of the molecule is Cc1ccc(C(C(=O)NC(C)(C)C)N(CCO)C(=O)C(Cc2ccccc2)NC(=O)OC(C)(C)C)cc1C. The van der Waals surface area contributed by atoms with Crippen LogP contribution in [0.25, 0.3) is 0 Å². The lowest BCUT2D eigenvalue weighted by molar-refractivity contribution is -0.143. The number of rotatable bonds is 9. The number of amides is 3. The van der Waals surface area contributed by atoms with Gasteiger partial charge in [-0.25, -0.2) is 4.79 Å². The first-order valence-corrected chi connectivity index (χ1v) is 13.0. The Morgan fingerprint density at radius 1 is 0.947 bits per heavy atom. The molecule has 2 aromatic rings. The number of carbonyl (C=O) groups excluding carboxylic acids is 3. The summed E-state index contributed by atoms with van der Waals surface area (Å²) in [6.45, 7) is 14.3. The summed E-state index contributed by atoms with van der Waals surface area (Å²) < 4.78 is 5.43. The van der Waals surface area contributed by atoms with Gasteiger partial charge in [0, 0.05) is 18.5 Å². The number of alkyl carbamates (subject to hydrolysis) is 1. The van der Waals surface area contributed by atoms with Crippen LogP contribution in [0.2, 0.25) is 0 Å². The molecular formula is C30H43N3O5. The second-order valence-electron chi connectivity index (χ2n) is 11.6. The zero-order valence-electron chi connectivity index (χ0n) is 23.9. The quantitative estimate of drug-likeness (QED) is 0.454. The van der Waals surface area contributed by atoms with Crippen LogP contribution in [0.1, 0.15) is 69.8 Å². The number of benzene rings is 2. The third kappa shape index (κ3) is 9.49. The highest BCUT2D eigenvalue weighted by Crippen LogP contribution is 2.26. The van der Waals surface area contributed by atoms with Gasteiger partial charge >= 0.3 is 6.09 Å². The van der Waals surface area contributed by atoms with E-state index in [1.807, 2.05) is 83.1 Å². The molecule has 8 heteroatoms. The number of carbonyl (C=O) groups is 3. The Bertz CT molecular complexity index is 1100. The van der Waals surface area contributed by atoms with Crippen molar-refractivity contribution >= 4 is 17.9 Å². The minimum atomic E-state index is -1.03. The highest BCUT2D eigenvalue weighted by atomic mass is 16.6. The van der Waals surface area contributed by atoms with E-state index in [9.17, 15) is 19.5 Å². The van der Waals surface area contributed by atoms with Crippen molar-refractivity contribution < 1.29 is 24.2 Å². The van der Waals surface area contributed by atoms with Crippen molar-refractivity contribution in [1.29, 1.82) is 0 Å². The largest absolute Gasteiger partial charge is 0.444 e. The van der Waals surface area contributed by atoms with Crippen LogP contribution < -0.4 is 10.6 Å². The normalized spacial score (nSPS) is 13.3. The maximum Gasteiger partial charge on any atom is 0.408 e. The number of aliphatic hydroxyl groups is 1. The summed E-state index contributed by atoms with van der Waals surface area (Å²) in [5.74, 6) is -0.876. The van der Waals surface area contributed by atoms with Gasteiger partial charge in [0.2, 0.25) is 11.8 Å². The number of nitrogens with one attached hydrogen (secondary N) is 2. The predicted molar refractivity (Wildman–Crippen MR) is 149 cm³/mol. The van der Waals surface area contributed by atoms with Gasteiger partial charge in [-0.1, -0.05) is 48.5 Å². The molecule has 0 saturated carbocycles. The van der Waals surface area contributed by atoms with Crippen molar-refractivity contribution in [2.75, 3.05) is 13.2 Å². The van der Waals surface area contributed by atoms with Crippen molar-refractivity contribution in [2.45, 2.75) is 85.0 Å². The molecule has 2 unspecified atom stereocenters. The van der Waals surface area contributed by atoms with Crippen LogP contribution in [0.3, 0.4) is 0 Å². The summed E-state index contributed by atoms with van der Waals surface area (Å²) >= 11 is 0. The van der Waals surface area contributed by atoms with E-state index < -0.39 is 35.2 Å². The van der Waals surface area contributed by atoms with E-state index in [4.69, 9.17) is 4.74 Å². The first kappa shape index (κ1) is 30.8. The molecule has 0 bridgehead atoms. The second kappa shape index (κ2) is 12.9. The molecule has 3 amide bonds. The number of nitrogens with zero attached hydrogens (tertiary/aromatic N) is 1. The Morgan fingerprint density at radius 2 is 1.58 bits per heavy atom. The number of aryl methyl sites for hydroxylation is 2.